The van der Waals surface area contributed by atoms with Gasteiger partial charge in [0.25, 0.3) is 0 Å². The van der Waals surface area contributed by atoms with Gasteiger partial charge in [0, 0.05) is 25.2 Å². The maximum atomic E-state index is 3.59. The van der Waals surface area contributed by atoms with Crippen LogP contribution in [0.5, 0.6) is 0 Å². The van der Waals surface area contributed by atoms with Crippen LogP contribution in [0.4, 0.5) is 0 Å². The van der Waals surface area contributed by atoms with E-state index in [0.717, 1.165) is 12.1 Å². The van der Waals surface area contributed by atoms with E-state index in [-0.39, 0.29) is 0 Å². The van der Waals surface area contributed by atoms with Crippen molar-refractivity contribution in [3.63, 3.8) is 0 Å². The van der Waals surface area contributed by atoms with Crippen molar-refractivity contribution in [1.82, 2.24) is 10.2 Å². The molecule has 1 atom stereocenters. The van der Waals surface area contributed by atoms with Crippen molar-refractivity contribution in [2.75, 3.05) is 19.6 Å². The summed E-state index contributed by atoms with van der Waals surface area (Å²) in [6.45, 7) is 6.10. The van der Waals surface area contributed by atoms with Crippen LogP contribution < -0.4 is 5.32 Å². The molecule has 1 aliphatic carbocycles. The zero-order valence-electron chi connectivity index (χ0n) is 10.2. The van der Waals surface area contributed by atoms with Gasteiger partial charge in [0.2, 0.25) is 0 Å². The Balaban J connectivity index is 1.84. The first-order valence-corrected chi connectivity index (χ1v) is 6.83. The minimum Gasteiger partial charge on any atom is -0.313 e. The van der Waals surface area contributed by atoms with Crippen LogP contribution in [0.2, 0.25) is 0 Å². The summed E-state index contributed by atoms with van der Waals surface area (Å²) in [6.07, 6.45) is 10.1. The fourth-order valence-corrected chi connectivity index (χ4v) is 3.02. The Morgan fingerprint density at radius 3 is 2.40 bits per heavy atom. The molecule has 1 saturated heterocycles. The van der Waals surface area contributed by atoms with Crippen molar-refractivity contribution >= 4 is 0 Å². The molecular formula is C13H26N2. The number of nitrogens with zero attached hydrogens (tertiary/aromatic N) is 1. The molecule has 0 amide bonds. The lowest BCUT2D eigenvalue weighted by molar-refractivity contribution is 0.189. The summed E-state index contributed by atoms with van der Waals surface area (Å²) in [7, 11) is 0. The molecule has 1 aliphatic heterocycles. The summed E-state index contributed by atoms with van der Waals surface area (Å²) in [5, 5.41) is 3.59. The van der Waals surface area contributed by atoms with Gasteiger partial charge in [0.15, 0.2) is 0 Å². The van der Waals surface area contributed by atoms with Gasteiger partial charge in [-0.25, -0.2) is 0 Å². The zero-order valence-corrected chi connectivity index (χ0v) is 10.2. The molecule has 1 N–H and O–H groups in total. The molecule has 0 aromatic rings. The van der Waals surface area contributed by atoms with Gasteiger partial charge in [-0.2, -0.15) is 0 Å². The van der Waals surface area contributed by atoms with Gasteiger partial charge in [0.05, 0.1) is 0 Å². The van der Waals surface area contributed by atoms with E-state index in [0.29, 0.717) is 0 Å². The largest absolute Gasteiger partial charge is 0.313 e. The lowest BCUT2D eigenvalue weighted by atomic mass is 10.1. The van der Waals surface area contributed by atoms with Crippen molar-refractivity contribution < 1.29 is 0 Å². The smallest absolute Gasteiger partial charge is 0.0110 e. The van der Waals surface area contributed by atoms with Crippen LogP contribution in [0.3, 0.4) is 0 Å². The van der Waals surface area contributed by atoms with Gasteiger partial charge >= 0.3 is 0 Å². The maximum absolute atomic E-state index is 3.59. The van der Waals surface area contributed by atoms with E-state index in [9.17, 15) is 0 Å². The van der Waals surface area contributed by atoms with Crippen LogP contribution in [0.1, 0.15) is 51.9 Å². The molecule has 0 radical (unpaired) electrons. The number of rotatable bonds is 1. The van der Waals surface area contributed by atoms with Gasteiger partial charge in [0.1, 0.15) is 0 Å². The van der Waals surface area contributed by atoms with Crippen molar-refractivity contribution in [3.8, 4) is 0 Å². The quantitative estimate of drug-likeness (QED) is 0.669. The van der Waals surface area contributed by atoms with Gasteiger partial charge in [-0.1, -0.05) is 25.7 Å². The Hall–Kier alpha value is -0.0800. The van der Waals surface area contributed by atoms with E-state index in [1.165, 1.54) is 64.6 Å². The van der Waals surface area contributed by atoms with Crippen molar-refractivity contribution in [3.05, 3.63) is 0 Å². The summed E-state index contributed by atoms with van der Waals surface area (Å²) in [5.41, 5.74) is 0. The second-order valence-electron chi connectivity index (χ2n) is 5.33. The van der Waals surface area contributed by atoms with Crippen LogP contribution in [0, 0.1) is 0 Å². The number of hydrogen-bond donors (Lipinski definition) is 1. The monoisotopic (exact) mass is 210 g/mol. The summed E-state index contributed by atoms with van der Waals surface area (Å²) in [4.78, 5) is 2.75. The van der Waals surface area contributed by atoms with Crippen molar-refractivity contribution in [2.45, 2.75) is 64.0 Å². The van der Waals surface area contributed by atoms with Gasteiger partial charge in [-0.05, 0) is 32.7 Å². The molecule has 0 spiro atoms. The third-order valence-electron chi connectivity index (χ3n) is 4.08. The molecule has 2 rings (SSSR count). The Kier molecular flexibility index (Phi) is 4.45. The van der Waals surface area contributed by atoms with Crippen LogP contribution in [-0.2, 0) is 0 Å². The van der Waals surface area contributed by atoms with E-state index >= 15 is 0 Å². The average Bonchev–Trinajstić information content (AvgIpc) is 2.59. The number of hydrogen-bond acceptors (Lipinski definition) is 2. The third-order valence-corrected chi connectivity index (χ3v) is 4.08. The van der Waals surface area contributed by atoms with Crippen molar-refractivity contribution in [1.29, 1.82) is 0 Å². The molecule has 2 aliphatic rings. The zero-order chi connectivity index (χ0) is 10.5. The molecular weight excluding hydrogens is 184 g/mol. The molecule has 88 valence electrons. The Labute approximate surface area is 94.4 Å². The first kappa shape index (κ1) is 11.4. The first-order valence-electron chi connectivity index (χ1n) is 6.83. The molecule has 0 bridgehead atoms. The van der Waals surface area contributed by atoms with E-state index in [1.807, 2.05) is 0 Å². The molecule has 1 heterocycles. The predicted molar refractivity (Wildman–Crippen MR) is 65.1 cm³/mol. The summed E-state index contributed by atoms with van der Waals surface area (Å²) >= 11 is 0. The highest BCUT2D eigenvalue weighted by atomic mass is 15.2. The lowest BCUT2D eigenvalue weighted by Crippen LogP contribution is -2.37. The fraction of sp³-hybridized carbons (Fsp3) is 1.00. The van der Waals surface area contributed by atoms with E-state index < -0.39 is 0 Å². The topological polar surface area (TPSA) is 15.3 Å². The van der Waals surface area contributed by atoms with Crippen LogP contribution in [0.25, 0.3) is 0 Å². The maximum Gasteiger partial charge on any atom is 0.0110 e. The normalized spacial score (nSPS) is 32.2. The molecule has 1 saturated carbocycles. The molecule has 2 fully saturated rings. The van der Waals surface area contributed by atoms with E-state index in [2.05, 4.69) is 17.1 Å². The summed E-state index contributed by atoms with van der Waals surface area (Å²) < 4.78 is 0. The Bertz CT molecular complexity index is 173. The van der Waals surface area contributed by atoms with E-state index in [4.69, 9.17) is 0 Å². The third kappa shape index (κ3) is 3.46. The van der Waals surface area contributed by atoms with Crippen molar-refractivity contribution in [2.24, 2.45) is 0 Å². The highest BCUT2D eigenvalue weighted by Gasteiger charge is 2.21. The standard InChI is InChI=1S/C13H26N2/c1-12-8-10-15(11-9-14-12)13-6-4-2-3-5-7-13/h12-14H,2-11H2,1H3. The van der Waals surface area contributed by atoms with Gasteiger partial charge < -0.3 is 5.32 Å². The highest BCUT2D eigenvalue weighted by Crippen LogP contribution is 2.22. The van der Waals surface area contributed by atoms with Crippen LogP contribution in [0.15, 0.2) is 0 Å². The molecule has 2 nitrogen and oxygen atoms in total. The fourth-order valence-electron chi connectivity index (χ4n) is 3.02. The summed E-state index contributed by atoms with van der Waals surface area (Å²) in [6, 6.07) is 1.63. The predicted octanol–water partition coefficient (Wildman–Crippen LogP) is 2.39. The highest BCUT2D eigenvalue weighted by molar-refractivity contribution is 4.79. The first-order chi connectivity index (χ1) is 7.36. The molecule has 0 aromatic heterocycles. The minimum absolute atomic E-state index is 0.723. The van der Waals surface area contributed by atoms with Crippen LogP contribution >= 0.6 is 0 Å². The van der Waals surface area contributed by atoms with E-state index in [1.54, 1.807) is 0 Å². The molecule has 1 unspecified atom stereocenters. The van der Waals surface area contributed by atoms with Gasteiger partial charge in [-0.15, -0.1) is 0 Å². The summed E-state index contributed by atoms with van der Waals surface area (Å²) in [5.74, 6) is 0. The van der Waals surface area contributed by atoms with Gasteiger partial charge in [-0.3, -0.25) is 4.90 Å². The second-order valence-corrected chi connectivity index (χ2v) is 5.33. The second kappa shape index (κ2) is 5.86. The molecule has 2 heteroatoms. The average molecular weight is 210 g/mol. The Morgan fingerprint density at radius 2 is 1.67 bits per heavy atom. The van der Waals surface area contributed by atoms with Crippen LogP contribution in [-0.4, -0.2) is 36.6 Å². The molecule has 15 heavy (non-hydrogen) atoms. The lowest BCUT2D eigenvalue weighted by Gasteiger charge is -2.29. The minimum atomic E-state index is 0.723. The molecule has 0 aromatic carbocycles. The Morgan fingerprint density at radius 1 is 0.933 bits per heavy atom. The SMILES string of the molecule is CC1CCN(C2CCCCCC2)CCN1. The number of nitrogens with one attached hydrogen (secondary N) is 1.